The number of anilines is 1. The smallest absolute Gasteiger partial charge is 0.308 e. The van der Waals surface area contributed by atoms with Gasteiger partial charge in [-0.25, -0.2) is 0 Å². The van der Waals surface area contributed by atoms with Gasteiger partial charge in [0.15, 0.2) is 0 Å². The zero-order valence-corrected chi connectivity index (χ0v) is 36.0. The van der Waals surface area contributed by atoms with Gasteiger partial charge in [0, 0.05) is 36.1 Å². The molecule has 0 saturated heterocycles. The molecule has 1 saturated carbocycles. The number of nitrogens with zero attached hydrogens (tertiary/aromatic N) is 3. The van der Waals surface area contributed by atoms with Gasteiger partial charge in [-0.15, -0.1) is 0 Å². The van der Waals surface area contributed by atoms with Crippen LogP contribution in [0.25, 0.3) is 11.1 Å². The molecular weight excluding hydrogens is 775 g/mol. The molecule has 1 aliphatic rings. The number of hydrogen-bond acceptors (Lipinski definition) is 12. The Bertz CT molecular complexity index is 1730. The summed E-state index contributed by atoms with van der Waals surface area (Å²) in [6.45, 7) is 13.5. The molecule has 0 bridgehead atoms. The highest BCUT2D eigenvalue weighted by atomic mass is 16.6. The van der Waals surface area contributed by atoms with Crippen molar-refractivity contribution in [3.63, 3.8) is 0 Å². The fraction of sp³-hybridized carbons (Fsp3) is 0.628. The number of hydrogen-bond donors (Lipinski definition) is 4. The second-order valence-corrected chi connectivity index (χ2v) is 15.7. The number of esters is 1. The molecule has 332 valence electrons. The second kappa shape index (κ2) is 25.8. The van der Waals surface area contributed by atoms with Gasteiger partial charge < -0.3 is 44.4 Å². The summed E-state index contributed by atoms with van der Waals surface area (Å²) >= 11 is 0. The number of H-pyrrole nitrogens is 1. The minimum Gasteiger partial charge on any atom is -0.460 e. The first-order valence-corrected chi connectivity index (χ1v) is 21.0. The molecule has 1 aromatic carbocycles. The maximum Gasteiger partial charge on any atom is 0.308 e. The number of aryl methyl sites for hydroxylation is 2. The number of ether oxygens (including phenoxy) is 6. The first kappa shape index (κ1) is 48.0. The highest BCUT2D eigenvalue weighted by Gasteiger charge is 2.32. The third kappa shape index (κ3) is 17.5. The SMILES string of the molecule is Cc1n[nH]c(C)c1-c1ccc(NC(=O)[C@@H](NC(=O)c2ccnn2CCOCCC(=O)NCCOCCOCCOCCOCCC(=O)OC(C)(C)C)C2CCCCC2)cc1. The number of carbonyl (C=O) groups excluding carboxylic acids is 4. The van der Waals surface area contributed by atoms with Crippen LogP contribution in [0.2, 0.25) is 0 Å². The molecule has 2 aromatic heterocycles. The van der Waals surface area contributed by atoms with E-state index in [0.717, 1.165) is 54.6 Å². The molecule has 2 heterocycles. The molecule has 3 amide bonds. The van der Waals surface area contributed by atoms with Gasteiger partial charge >= 0.3 is 5.97 Å². The molecule has 3 aromatic rings. The number of carbonyl (C=O) groups is 4. The molecule has 4 N–H and O–H groups in total. The van der Waals surface area contributed by atoms with Crippen LogP contribution in [0.15, 0.2) is 36.5 Å². The van der Waals surface area contributed by atoms with Crippen molar-refractivity contribution >= 4 is 29.4 Å². The monoisotopic (exact) mass is 839 g/mol. The second-order valence-electron chi connectivity index (χ2n) is 15.7. The minimum atomic E-state index is -0.707. The normalized spacial score (nSPS) is 13.8. The maximum absolute atomic E-state index is 13.7. The van der Waals surface area contributed by atoms with E-state index in [0.29, 0.717) is 70.7 Å². The average Bonchev–Trinajstić information content (AvgIpc) is 3.83. The summed E-state index contributed by atoms with van der Waals surface area (Å²) in [6.07, 6.45) is 6.78. The standard InChI is InChI=1S/C43H65N7O10/c1-31-39(32(2)49-48-31)33-11-13-35(14-12-33)46-42(54)40(34-9-7-6-8-10-34)47-41(53)36-15-18-45-50(36)20-24-55-21-16-37(51)44-19-23-57-26-28-59-30-29-58-27-25-56-22-17-38(52)60-43(3,4)5/h11-15,18,34,40H,6-10,16-17,19-30H2,1-5H3,(H,44,51)(H,46,54)(H,47,53)(H,48,49)/t40-/m0/s1. The number of rotatable bonds is 27. The van der Waals surface area contributed by atoms with Crippen LogP contribution in [0.3, 0.4) is 0 Å². The van der Waals surface area contributed by atoms with E-state index in [1.54, 1.807) is 16.9 Å². The highest BCUT2D eigenvalue weighted by molar-refractivity contribution is 6.00. The Morgan fingerprint density at radius 2 is 1.42 bits per heavy atom. The number of aromatic amines is 1. The summed E-state index contributed by atoms with van der Waals surface area (Å²) in [5.74, 6) is -1.06. The fourth-order valence-electron chi connectivity index (χ4n) is 6.78. The topological polar surface area (TPSA) is 206 Å². The van der Waals surface area contributed by atoms with E-state index >= 15 is 0 Å². The molecule has 1 aliphatic carbocycles. The van der Waals surface area contributed by atoms with E-state index in [1.165, 1.54) is 0 Å². The van der Waals surface area contributed by atoms with Crippen molar-refractivity contribution in [2.45, 2.75) is 97.8 Å². The number of benzene rings is 1. The molecule has 1 fully saturated rings. The molecule has 0 aliphatic heterocycles. The zero-order chi connectivity index (χ0) is 43.2. The lowest BCUT2D eigenvalue weighted by atomic mass is 9.83. The van der Waals surface area contributed by atoms with Crippen LogP contribution in [0, 0.1) is 19.8 Å². The predicted octanol–water partition coefficient (Wildman–Crippen LogP) is 4.53. The first-order valence-electron chi connectivity index (χ1n) is 21.0. The van der Waals surface area contributed by atoms with Crippen LogP contribution < -0.4 is 16.0 Å². The van der Waals surface area contributed by atoms with Crippen molar-refractivity contribution in [2.75, 3.05) is 77.9 Å². The maximum atomic E-state index is 13.7. The molecule has 1 atom stereocenters. The summed E-state index contributed by atoms with van der Waals surface area (Å²) in [4.78, 5) is 51.2. The van der Waals surface area contributed by atoms with Crippen LogP contribution >= 0.6 is 0 Å². The lowest BCUT2D eigenvalue weighted by Gasteiger charge is -2.30. The highest BCUT2D eigenvalue weighted by Crippen LogP contribution is 2.29. The van der Waals surface area contributed by atoms with Crippen LogP contribution in [-0.4, -0.2) is 128 Å². The quantitative estimate of drug-likeness (QED) is 0.0618. The molecule has 60 heavy (non-hydrogen) atoms. The van der Waals surface area contributed by atoms with Crippen LogP contribution in [0.5, 0.6) is 0 Å². The van der Waals surface area contributed by atoms with E-state index in [4.69, 9.17) is 28.4 Å². The Kier molecular flexibility index (Phi) is 20.7. The van der Waals surface area contributed by atoms with E-state index in [-0.39, 0.29) is 62.3 Å². The van der Waals surface area contributed by atoms with Crippen molar-refractivity contribution < 1.29 is 47.6 Å². The lowest BCUT2D eigenvalue weighted by Crippen LogP contribution is -2.49. The van der Waals surface area contributed by atoms with E-state index in [9.17, 15) is 19.2 Å². The van der Waals surface area contributed by atoms with E-state index in [1.807, 2.05) is 58.9 Å². The Hall–Kier alpha value is -4.68. The summed E-state index contributed by atoms with van der Waals surface area (Å²) in [6, 6.07) is 8.56. The van der Waals surface area contributed by atoms with Crippen LogP contribution in [0.1, 0.15) is 87.6 Å². The van der Waals surface area contributed by atoms with Gasteiger partial charge in [0.05, 0.1) is 84.7 Å². The molecule has 17 heteroatoms. The van der Waals surface area contributed by atoms with Gasteiger partial charge in [0.2, 0.25) is 11.8 Å². The number of amides is 3. The van der Waals surface area contributed by atoms with Gasteiger partial charge in [0.1, 0.15) is 17.3 Å². The molecule has 0 unspecified atom stereocenters. The molecule has 4 rings (SSSR count). The summed E-state index contributed by atoms with van der Waals surface area (Å²) in [5.41, 5.74) is 4.41. The Morgan fingerprint density at radius 1 is 0.800 bits per heavy atom. The average molecular weight is 840 g/mol. The van der Waals surface area contributed by atoms with Gasteiger partial charge in [-0.3, -0.25) is 29.0 Å². The summed E-state index contributed by atoms with van der Waals surface area (Å²) in [7, 11) is 0. The summed E-state index contributed by atoms with van der Waals surface area (Å²) in [5, 5.41) is 20.4. The minimum absolute atomic E-state index is 0.0181. The Morgan fingerprint density at radius 3 is 2.05 bits per heavy atom. The largest absolute Gasteiger partial charge is 0.460 e. The molecular formula is C43H65N7O10. The van der Waals surface area contributed by atoms with Crippen molar-refractivity contribution in [3.05, 3.63) is 53.6 Å². The van der Waals surface area contributed by atoms with Crippen molar-refractivity contribution in [1.29, 1.82) is 0 Å². The first-order chi connectivity index (χ1) is 28.9. The molecule has 0 spiro atoms. The van der Waals surface area contributed by atoms with Gasteiger partial charge in [-0.1, -0.05) is 31.4 Å². The number of aromatic nitrogens is 4. The predicted molar refractivity (Wildman–Crippen MR) is 224 cm³/mol. The Labute approximate surface area is 353 Å². The van der Waals surface area contributed by atoms with E-state index in [2.05, 4.69) is 31.2 Å². The third-order valence-electron chi connectivity index (χ3n) is 9.68. The van der Waals surface area contributed by atoms with Gasteiger partial charge in [0.25, 0.3) is 5.91 Å². The lowest BCUT2D eigenvalue weighted by molar-refractivity contribution is -0.156. The van der Waals surface area contributed by atoms with Crippen LogP contribution in [-0.2, 0) is 49.3 Å². The summed E-state index contributed by atoms with van der Waals surface area (Å²) < 4.78 is 34.3. The molecule has 0 radical (unpaired) electrons. The third-order valence-corrected chi connectivity index (χ3v) is 9.68. The van der Waals surface area contributed by atoms with Crippen molar-refractivity contribution in [2.24, 2.45) is 5.92 Å². The van der Waals surface area contributed by atoms with Gasteiger partial charge in [-0.2, -0.15) is 10.2 Å². The fourth-order valence-corrected chi connectivity index (χ4v) is 6.78. The zero-order valence-electron chi connectivity index (χ0n) is 36.0. The van der Waals surface area contributed by atoms with E-state index < -0.39 is 11.6 Å². The van der Waals surface area contributed by atoms with Crippen LogP contribution in [0.4, 0.5) is 5.69 Å². The molecule has 17 nitrogen and oxygen atoms in total. The Balaban J connectivity index is 1.05. The van der Waals surface area contributed by atoms with Gasteiger partial charge in [-0.05, 0) is 77.1 Å². The number of nitrogens with one attached hydrogen (secondary N) is 4. The van der Waals surface area contributed by atoms with Crippen molar-refractivity contribution in [3.8, 4) is 11.1 Å². The van der Waals surface area contributed by atoms with Crippen molar-refractivity contribution in [1.82, 2.24) is 30.6 Å².